The zero-order valence-electron chi connectivity index (χ0n) is 48.1. The van der Waals surface area contributed by atoms with Crippen molar-refractivity contribution in [2.75, 3.05) is 13.2 Å². The van der Waals surface area contributed by atoms with Crippen LogP contribution in [0.5, 0.6) is 0 Å². The first-order valence-electron chi connectivity index (χ1n) is 31.1. The third-order valence-electron chi connectivity index (χ3n) is 13.4. The van der Waals surface area contributed by atoms with E-state index in [4.69, 9.17) is 14.2 Å². The topological polar surface area (TPSA) is 78.9 Å². The minimum atomic E-state index is -0.796. The fraction of sp³-hybridized carbons (Fsp3) is 0.746. The lowest BCUT2D eigenvalue weighted by atomic mass is 10.0. The molecule has 0 bridgehead atoms. The summed E-state index contributed by atoms with van der Waals surface area (Å²) in [5.74, 6) is -0.944. The minimum Gasteiger partial charge on any atom is -0.462 e. The Hall–Kier alpha value is -3.41. The largest absolute Gasteiger partial charge is 0.462 e. The van der Waals surface area contributed by atoms with Crippen molar-refractivity contribution in [3.63, 3.8) is 0 Å². The second kappa shape index (κ2) is 61.1. The molecule has 73 heavy (non-hydrogen) atoms. The molecule has 0 aliphatic heterocycles. The van der Waals surface area contributed by atoms with Crippen LogP contribution < -0.4 is 0 Å². The highest BCUT2D eigenvalue weighted by Gasteiger charge is 2.19. The first-order valence-corrected chi connectivity index (χ1v) is 31.1. The van der Waals surface area contributed by atoms with Crippen molar-refractivity contribution in [1.29, 1.82) is 0 Å². The molecule has 0 aromatic heterocycles. The van der Waals surface area contributed by atoms with Crippen molar-refractivity contribution in [1.82, 2.24) is 0 Å². The molecule has 0 aliphatic rings. The highest BCUT2D eigenvalue weighted by Crippen LogP contribution is 2.16. The van der Waals surface area contributed by atoms with Crippen molar-refractivity contribution < 1.29 is 28.6 Å². The molecule has 0 aromatic rings. The zero-order chi connectivity index (χ0) is 52.9. The van der Waals surface area contributed by atoms with Crippen LogP contribution in [-0.4, -0.2) is 37.2 Å². The molecule has 6 heteroatoms. The maximum Gasteiger partial charge on any atom is 0.306 e. The standard InChI is InChI=1S/C67H116O6/c1-4-7-10-13-15-17-19-21-23-25-27-29-30-31-32-33-34-35-36-38-39-41-43-45-47-49-51-54-57-60-66(69)72-63-64(62-71-65(68)59-56-53-12-9-6-3)73-67(70)61-58-55-52-50-48-46-44-42-40-37-28-26-24-22-20-18-16-14-11-8-5-2/h8,11,16,18,22,24-25,27-28,37,42,44,48,50,64H,4-7,9-10,12-15,17,19-21,23,26,29-36,38-41,43,45-47,49,51-63H2,1-3H3/b11-8-,18-16-,24-22-,27-25-,37-28-,44-42-,50-48-. The van der Waals surface area contributed by atoms with Gasteiger partial charge < -0.3 is 14.2 Å². The molecule has 0 aromatic carbocycles. The van der Waals surface area contributed by atoms with Gasteiger partial charge in [0, 0.05) is 19.3 Å². The number of carbonyl (C=O) groups is 3. The highest BCUT2D eigenvalue weighted by atomic mass is 16.6. The van der Waals surface area contributed by atoms with Gasteiger partial charge in [0.05, 0.1) is 0 Å². The molecule has 1 atom stereocenters. The monoisotopic (exact) mass is 1020 g/mol. The highest BCUT2D eigenvalue weighted by molar-refractivity contribution is 5.71. The number of unbranched alkanes of at least 4 members (excludes halogenated alkanes) is 31. The van der Waals surface area contributed by atoms with Gasteiger partial charge in [-0.05, 0) is 96.3 Å². The van der Waals surface area contributed by atoms with Crippen molar-refractivity contribution in [2.24, 2.45) is 0 Å². The van der Waals surface area contributed by atoms with Gasteiger partial charge in [-0.3, -0.25) is 14.4 Å². The summed E-state index contributed by atoms with van der Waals surface area (Å²) in [4.78, 5) is 37.8. The molecular weight excluding hydrogens is 901 g/mol. The molecular formula is C67H116O6. The van der Waals surface area contributed by atoms with Crippen molar-refractivity contribution in [3.8, 4) is 0 Å². The van der Waals surface area contributed by atoms with E-state index < -0.39 is 6.10 Å². The molecule has 0 heterocycles. The van der Waals surface area contributed by atoms with E-state index in [9.17, 15) is 14.4 Å². The van der Waals surface area contributed by atoms with Gasteiger partial charge in [-0.25, -0.2) is 0 Å². The van der Waals surface area contributed by atoms with Gasteiger partial charge in [-0.2, -0.15) is 0 Å². The van der Waals surface area contributed by atoms with Crippen LogP contribution in [0.15, 0.2) is 85.1 Å². The molecule has 0 amide bonds. The maximum absolute atomic E-state index is 12.8. The van der Waals surface area contributed by atoms with Crippen LogP contribution in [0.25, 0.3) is 0 Å². The summed E-state index contributed by atoms with van der Waals surface area (Å²) in [5.41, 5.74) is 0. The van der Waals surface area contributed by atoms with Gasteiger partial charge in [-0.15, -0.1) is 0 Å². The van der Waals surface area contributed by atoms with Gasteiger partial charge in [-0.1, -0.05) is 273 Å². The van der Waals surface area contributed by atoms with Crippen molar-refractivity contribution in [3.05, 3.63) is 85.1 Å². The Morgan fingerprint density at radius 2 is 0.534 bits per heavy atom. The van der Waals surface area contributed by atoms with E-state index in [0.29, 0.717) is 19.3 Å². The van der Waals surface area contributed by atoms with E-state index in [2.05, 4.69) is 106 Å². The third kappa shape index (κ3) is 59.3. The van der Waals surface area contributed by atoms with Gasteiger partial charge in [0.25, 0.3) is 0 Å². The molecule has 0 N–H and O–H groups in total. The van der Waals surface area contributed by atoms with Crippen molar-refractivity contribution in [2.45, 2.75) is 309 Å². The number of hydrogen-bond acceptors (Lipinski definition) is 6. The molecule has 420 valence electrons. The van der Waals surface area contributed by atoms with E-state index in [1.54, 1.807) is 0 Å². The van der Waals surface area contributed by atoms with E-state index in [0.717, 1.165) is 96.3 Å². The third-order valence-corrected chi connectivity index (χ3v) is 13.4. The van der Waals surface area contributed by atoms with Crippen LogP contribution in [0.1, 0.15) is 303 Å². The average Bonchev–Trinajstić information content (AvgIpc) is 3.39. The Bertz CT molecular complexity index is 1400. The minimum absolute atomic E-state index is 0.0926. The lowest BCUT2D eigenvalue weighted by molar-refractivity contribution is -0.167. The number of carbonyl (C=O) groups excluding carboxylic acids is 3. The van der Waals surface area contributed by atoms with E-state index in [1.807, 2.05) is 0 Å². The van der Waals surface area contributed by atoms with Crippen LogP contribution in [-0.2, 0) is 28.6 Å². The first kappa shape index (κ1) is 69.6. The molecule has 1 unspecified atom stereocenters. The SMILES string of the molecule is CC/C=C\C/C=C\C/C=C\C/C=C\C/C=C\C/C=C\CCCCC(=O)OC(COC(=O)CCCCCCC)COC(=O)CCCCCCCCCCCCCCCCCCC/C=C\CCCCCCCCCC. The summed E-state index contributed by atoms with van der Waals surface area (Å²) in [6, 6.07) is 0. The van der Waals surface area contributed by atoms with E-state index in [1.165, 1.54) is 161 Å². The summed E-state index contributed by atoms with van der Waals surface area (Å²) >= 11 is 0. The predicted molar refractivity (Wildman–Crippen MR) is 316 cm³/mol. The van der Waals surface area contributed by atoms with E-state index >= 15 is 0 Å². The average molecular weight is 1020 g/mol. The Kier molecular flexibility index (Phi) is 58.3. The van der Waals surface area contributed by atoms with Crippen LogP contribution in [0, 0.1) is 0 Å². The van der Waals surface area contributed by atoms with Crippen molar-refractivity contribution >= 4 is 17.9 Å². The van der Waals surface area contributed by atoms with Crippen LogP contribution in [0.3, 0.4) is 0 Å². The summed E-state index contributed by atoms with van der Waals surface area (Å²) in [5, 5.41) is 0. The van der Waals surface area contributed by atoms with Gasteiger partial charge >= 0.3 is 17.9 Å². The molecule has 0 saturated heterocycles. The number of esters is 3. The lowest BCUT2D eigenvalue weighted by Crippen LogP contribution is -2.30. The van der Waals surface area contributed by atoms with Gasteiger partial charge in [0.15, 0.2) is 6.10 Å². The quantitative estimate of drug-likeness (QED) is 0.0261. The summed E-state index contributed by atoms with van der Waals surface area (Å²) < 4.78 is 16.7. The number of rotatable bonds is 56. The smallest absolute Gasteiger partial charge is 0.306 e. The Balaban J connectivity index is 4.06. The van der Waals surface area contributed by atoms with Gasteiger partial charge in [0.1, 0.15) is 13.2 Å². The van der Waals surface area contributed by atoms with Crippen LogP contribution >= 0.6 is 0 Å². The summed E-state index contributed by atoms with van der Waals surface area (Å²) in [6.45, 7) is 6.43. The second-order valence-corrected chi connectivity index (χ2v) is 20.6. The Labute approximate surface area is 452 Å². The second-order valence-electron chi connectivity index (χ2n) is 20.6. The zero-order valence-corrected chi connectivity index (χ0v) is 48.1. The molecule has 0 aliphatic carbocycles. The molecule has 0 saturated carbocycles. The first-order chi connectivity index (χ1) is 36.0. The van der Waals surface area contributed by atoms with E-state index in [-0.39, 0.29) is 37.5 Å². The lowest BCUT2D eigenvalue weighted by Gasteiger charge is -2.18. The number of hydrogen-bond donors (Lipinski definition) is 0. The predicted octanol–water partition coefficient (Wildman–Crippen LogP) is 21.1. The Morgan fingerprint density at radius 1 is 0.288 bits per heavy atom. The molecule has 0 spiro atoms. The molecule has 0 fully saturated rings. The number of allylic oxidation sites excluding steroid dienone is 14. The Morgan fingerprint density at radius 3 is 0.877 bits per heavy atom. The van der Waals surface area contributed by atoms with Gasteiger partial charge in [0.2, 0.25) is 0 Å². The van der Waals surface area contributed by atoms with Crippen LogP contribution in [0.2, 0.25) is 0 Å². The fourth-order valence-electron chi connectivity index (χ4n) is 8.74. The molecule has 0 radical (unpaired) electrons. The fourth-order valence-corrected chi connectivity index (χ4v) is 8.74. The maximum atomic E-state index is 12.8. The normalized spacial score (nSPS) is 12.6. The molecule has 0 rings (SSSR count). The van der Waals surface area contributed by atoms with Crippen LogP contribution in [0.4, 0.5) is 0 Å². The summed E-state index contributed by atoms with van der Waals surface area (Å²) in [6.07, 6.45) is 80.8. The summed E-state index contributed by atoms with van der Waals surface area (Å²) in [7, 11) is 0. The number of ether oxygens (including phenoxy) is 3. The molecule has 6 nitrogen and oxygen atoms in total.